The van der Waals surface area contributed by atoms with Gasteiger partial charge in [-0.05, 0) is 26.7 Å². The van der Waals surface area contributed by atoms with Crippen molar-refractivity contribution in [2.75, 3.05) is 6.61 Å². The van der Waals surface area contributed by atoms with Crippen LogP contribution in [0.25, 0.3) is 0 Å². The zero-order chi connectivity index (χ0) is 13.6. The number of carbonyl (C=O) groups is 1. The number of unbranched alkanes of at least 4 members (excludes halogenated alkanes) is 8. The molecule has 0 bridgehead atoms. The molecule has 0 unspecified atom stereocenters. The first-order chi connectivity index (χ1) is 8.72. The van der Waals surface area contributed by atoms with Gasteiger partial charge < -0.3 is 4.74 Å². The lowest BCUT2D eigenvalue weighted by molar-refractivity contribution is -0.138. The highest BCUT2D eigenvalue weighted by molar-refractivity contribution is 5.87. The number of carbonyl (C=O) groups excluding carboxylic acids is 1. The molecule has 0 aliphatic carbocycles. The third-order valence-electron chi connectivity index (χ3n) is 3.11. The molecule has 0 aliphatic rings. The first-order valence-electron chi connectivity index (χ1n) is 7.56. The van der Waals surface area contributed by atoms with E-state index in [1.165, 1.54) is 51.4 Å². The lowest BCUT2D eigenvalue weighted by atomic mass is 10.1. The van der Waals surface area contributed by atoms with Crippen molar-refractivity contribution in [3.63, 3.8) is 0 Å². The van der Waals surface area contributed by atoms with Crippen molar-refractivity contribution in [3.8, 4) is 0 Å². The summed E-state index contributed by atoms with van der Waals surface area (Å²) in [4.78, 5) is 11.3. The van der Waals surface area contributed by atoms with Crippen LogP contribution in [0.15, 0.2) is 11.6 Å². The molecule has 0 fully saturated rings. The van der Waals surface area contributed by atoms with Gasteiger partial charge in [0.2, 0.25) is 0 Å². The first-order valence-corrected chi connectivity index (χ1v) is 7.56. The fourth-order valence-electron chi connectivity index (χ4n) is 1.93. The van der Waals surface area contributed by atoms with Gasteiger partial charge in [-0.15, -0.1) is 0 Å². The maximum absolute atomic E-state index is 11.3. The molecule has 106 valence electrons. The summed E-state index contributed by atoms with van der Waals surface area (Å²) in [5, 5.41) is 0. The third kappa shape index (κ3) is 10.4. The molecule has 0 saturated carbocycles. The van der Waals surface area contributed by atoms with E-state index < -0.39 is 0 Å². The van der Waals surface area contributed by atoms with E-state index in [2.05, 4.69) is 6.92 Å². The van der Waals surface area contributed by atoms with Crippen LogP contribution >= 0.6 is 0 Å². The summed E-state index contributed by atoms with van der Waals surface area (Å²) in [7, 11) is 0. The van der Waals surface area contributed by atoms with E-state index in [4.69, 9.17) is 4.74 Å². The number of rotatable bonds is 11. The third-order valence-corrected chi connectivity index (χ3v) is 3.11. The Kier molecular flexibility index (Phi) is 12.1. The molecule has 0 aromatic carbocycles. The number of ether oxygens (including phenoxy) is 1. The Hall–Kier alpha value is -0.790. The second-order valence-corrected chi connectivity index (χ2v) is 4.87. The van der Waals surface area contributed by atoms with Gasteiger partial charge in [-0.1, -0.05) is 57.9 Å². The summed E-state index contributed by atoms with van der Waals surface area (Å²) >= 11 is 0. The van der Waals surface area contributed by atoms with Crippen molar-refractivity contribution < 1.29 is 9.53 Å². The average Bonchev–Trinajstić information content (AvgIpc) is 2.36. The van der Waals surface area contributed by atoms with Gasteiger partial charge in [-0.3, -0.25) is 0 Å². The minimum absolute atomic E-state index is 0.169. The fraction of sp³-hybridized carbons (Fsp3) is 0.812. The summed E-state index contributed by atoms with van der Waals surface area (Å²) in [5.41, 5.74) is 0.750. The monoisotopic (exact) mass is 254 g/mol. The van der Waals surface area contributed by atoms with Crippen molar-refractivity contribution >= 4 is 5.97 Å². The first kappa shape index (κ1) is 17.2. The highest BCUT2D eigenvalue weighted by Crippen LogP contribution is 2.10. The van der Waals surface area contributed by atoms with Crippen LogP contribution in [0, 0.1) is 0 Å². The Morgan fingerprint density at radius 1 is 0.944 bits per heavy atom. The maximum Gasteiger partial charge on any atom is 0.333 e. The number of esters is 1. The van der Waals surface area contributed by atoms with Gasteiger partial charge in [0.05, 0.1) is 6.61 Å². The largest absolute Gasteiger partial charge is 0.463 e. The van der Waals surface area contributed by atoms with E-state index >= 15 is 0 Å². The molecule has 0 aromatic heterocycles. The van der Waals surface area contributed by atoms with E-state index in [1.54, 1.807) is 0 Å². The maximum atomic E-state index is 11.3. The van der Waals surface area contributed by atoms with Gasteiger partial charge in [-0.2, -0.15) is 0 Å². The van der Waals surface area contributed by atoms with E-state index in [9.17, 15) is 4.79 Å². The van der Waals surface area contributed by atoms with Crippen molar-refractivity contribution in [2.45, 2.75) is 78.6 Å². The molecule has 0 heterocycles. The summed E-state index contributed by atoms with van der Waals surface area (Å²) in [6, 6.07) is 0. The van der Waals surface area contributed by atoms with Gasteiger partial charge in [0.1, 0.15) is 0 Å². The molecule has 0 N–H and O–H groups in total. The SMILES string of the molecule is CCCCCCCCCC/C=C(\C)C(=O)OCC. The van der Waals surface area contributed by atoms with Crippen molar-refractivity contribution in [1.29, 1.82) is 0 Å². The quantitative estimate of drug-likeness (QED) is 0.294. The number of hydrogen-bond acceptors (Lipinski definition) is 2. The zero-order valence-electron chi connectivity index (χ0n) is 12.5. The molecule has 2 heteroatoms. The molecule has 0 aromatic rings. The molecule has 18 heavy (non-hydrogen) atoms. The highest BCUT2D eigenvalue weighted by Gasteiger charge is 2.02. The van der Waals surface area contributed by atoms with Crippen LogP contribution in [0.2, 0.25) is 0 Å². The van der Waals surface area contributed by atoms with E-state index in [0.717, 1.165) is 12.0 Å². The fourth-order valence-corrected chi connectivity index (χ4v) is 1.93. The van der Waals surface area contributed by atoms with Gasteiger partial charge >= 0.3 is 5.97 Å². The molecule has 0 atom stereocenters. The standard InChI is InChI=1S/C16H30O2/c1-4-6-7-8-9-10-11-12-13-14-15(3)16(17)18-5-2/h14H,4-13H2,1-3H3/b15-14+. The minimum atomic E-state index is -0.169. The Morgan fingerprint density at radius 3 is 2.06 bits per heavy atom. The van der Waals surface area contributed by atoms with Crippen LogP contribution in [-0.2, 0) is 9.53 Å². The molecule has 0 saturated heterocycles. The lowest BCUT2D eigenvalue weighted by Crippen LogP contribution is -2.04. The number of hydrogen-bond donors (Lipinski definition) is 0. The van der Waals surface area contributed by atoms with Crippen molar-refractivity contribution in [1.82, 2.24) is 0 Å². The zero-order valence-corrected chi connectivity index (χ0v) is 12.5. The molecule has 0 amide bonds. The van der Waals surface area contributed by atoms with E-state index in [0.29, 0.717) is 6.61 Å². The van der Waals surface area contributed by atoms with Crippen LogP contribution in [0.3, 0.4) is 0 Å². The number of allylic oxidation sites excluding steroid dienone is 1. The Labute approximate surface area is 113 Å². The van der Waals surface area contributed by atoms with Crippen LogP contribution in [0.4, 0.5) is 0 Å². The molecule has 0 spiro atoms. The van der Waals surface area contributed by atoms with Crippen LogP contribution in [0.1, 0.15) is 78.6 Å². The Bertz CT molecular complexity index is 231. The second-order valence-electron chi connectivity index (χ2n) is 4.87. The topological polar surface area (TPSA) is 26.3 Å². The smallest absolute Gasteiger partial charge is 0.333 e. The van der Waals surface area contributed by atoms with Crippen molar-refractivity contribution in [3.05, 3.63) is 11.6 Å². The van der Waals surface area contributed by atoms with Crippen molar-refractivity contribution in [2.24, 2.45) is 0 Å². The summed E-state index contributed by atoms with van der Waals surface area (Å²) < 4.78 is 4.93. The Morgan fingerprint density at radius 2 is 1.50 bits per heavy atom. The molecular formula is C16H30O2. The molecule has 0 aliphatic heterocycles. The minimum Gasteiger partial charge on any atom is -0.463 e. The molecule has 2 nitrogen and oxygen atoms in total. The Balaban J connectivity index is 3.38. The summed E-state index contributed by atoms with van der Waals surface area (Å²) in [6.07, 6.45) is 13.6. The van der Waals surface area contributed by atoms with Gasteiger partial charge in [0, 0.05) is 5.57 Å². The predicted molar refractivity (Wildman–Crippen MR) is 77.6 cm³/mol. The van der Waals surface area contributed by atoms with Crippen LogP contribution in [-0.4, -0.2) is 12.6 Å². The summed E-state index contributed by atoms with van der Waals surface area (Å²) in [6.45, 7) is 6.38. The van der Waals surface area contributed by atoms with Crippen LogP contribution < -0.4 is 0 Å². The molecular weight excluding hydrogens is 224 g/mol. The van der Waals surface area contributed by atoms with E-state index in [-0.39, 0.29) is 5.97 Å². The predicted octanol–water partition coefficient (Wildman–Crippen LogP) is 5.03. The van der Waals surface area contributed by atoms with Gasteiger partial charge in [-0.25, -0.2) is 4.79 Å². The normalized spacial score (nSPS) is 11.6. The van der Waals surface area contributed by atoms with E-state index in [1.807, 2.05) is 19.9 Å². The van der Waals surface area contributed by atoms with Crippen LogP contribution in [0.5, 0.6) is 0 Å². The second kappa shape index (κ2) is 12.7. The lowest BCUT2D eigenvalue weighted by Gasteiger charge is -2.02. The summed E-state index contributed by atoms with van der Waals surface area (Å²) in [5.74, 6) is -0.169. The van der Waals surface area contributed by atoms with Gasteiger partial charge in [0.15, 0.2) is 0 Å². The highest BCUT2D eigenvalue weighted by atomic mass is 16.5. The molecule has 0 radical (unpaired) electrons. The average molecular weight is 254 g/mol. The molecule has 0 rings (SSSR count). The van der Waals surface area contributed by atoms with Gasteiger partial charge in [0.25, 0.3) is 0 Å².